The van der Waals surface area contributed by atoms with E-state index in [1.165, 1.54) is 12.8 Å². The van der Waals surface area contributed by atoms with E-state index in [-0.39, 0.29) is 11.9 Å². The smallest absolute Gasteiger partial charge is 0.294 e. The van der Waals surface area contributed by atoms with Crippen molar-refractivity contribution in [1.82, 2.24) is 0 Å². The number of hydrogen-bond acceptors (Lipinski definition) is 3. The number of amides is 1. The lowest BCUT2D eigenvalue weighted by atomic mass is 9.62. The van der Waals surface area contributed by atoms with Gasteiger partial charge in [-0.25, -0.2) is 0 Å². The Bertz CT molecular complexity index is 318. The van der Waals surface area contributed by atoms with Gasteiger partial charge in [-0.2, -0.15) is 4.99 Å². The molecule has 3 fully saturated rings. The Morgan fingerprint density at radius 3 is 2.50 bits per heavy atom. The number of nitrogens with two attached hydrogens (primary N) is 1. The maximum absolute atomic E-state index is 11.8. The number of ether oxygens (including phenoxy) is 1. The van der Waals surface area contributed by atoms with Crippen LogP contribution in [0.2, 0.25) is 0 Å². The van der Waals surface area contributed by atoms with Crippen molar-refractivity contribution in [3.63, 3.8) is 0 Å². The third kappa shape index (κ3) is 0.885. The van der Waals surface area contributed by atoms with E-state index < -0.39 is 5.60 Å². The molecule has 1 heterocycles. The van der Waals surface area contributed by atoms with Crippen LogP contribution >= 0.6 is 0 Å². The van der Waals surface area contributed by atoms with Crippen molar-refractivity contribution < 1.29 is 9.53 Å². The monoisotopic (exact) mass is 194 g/mol. The highest BCUT2D eigenvalue weighted by Gasteiger charge is 2.57. The molecule has 4 rings (SSSR count). The molecular weight excluding hydrogens is 180 g/mol. The van der Waals surface area contributed by atoms with Crippen molar-refractivity contribution in [2.45, 2.75) is 37.7 Å². The lowest BCUT2D eigenvalue weighted by Gasteiger charge is -2.46. The summed E-state index contributed by atoms with van der Waals surface area (Å²) in [5.41, 5.74) is 4.82. The Labute approximate surface area is 82.5 Å². The van der Waals surface area contributed by atoms with Crippen molar-refractivity contribution >= 4 is 11.9 Å². The Hall–Kier alpha value is -1.06. The molecule has 1 aliphatic heterocycles. The number of nitrogens with zero attached hydrogens (tertiary/aromatic N) is 1. The first-order valence-electron chi connectivity index (χ1n) is 5.28. The molecule has 1 unspecified atom stereocenters. The van der Waals surface area contributed by atoms with E-state index in [4.69, 9.17) is 10.5 Å². The van der Waals surface area contributed by atoms with Gasteiger partial charge in [0, 0.05) is 5.92 Å². The highest BCUT2D eigenvalue weighted by atomic mass is 16.5. The molecular formula is C10H14N2O2. The molecule has 0 aromatic rings. The summed E-state index contributed by atoms with van der Waals surface area (Å²) in [4.78, 5) is 15.5. The molecule has 1 amide bonds. The number of amidine groups is 1. The summed E-state index contributed by atoms with van der Waals surface area (Å²) in [6.45, 7) is 0. The fourth-order valence-corrected chi connectivity index (χ4v) is 3.26. The zero-order chi connectivity index (χ0) is 9.76. The van der Waals surface area contributed by atoms with Crippen LogP contribution < -0.4 is 5.73 Å². The molecule has 4 nitrogen and oxygen atoms in total. The molecule has 1 spiro atoms. The van der Waals surface area contributed by atoms with Crippen LogP contribution in [0.25, 0.3) is 0 Å². The number of aliphatic imine (C=N–C) groups is 1. The largest absolute Gasteiger partial charge is 0.448 e. The van der Waals surface area contributed by atoms with Gasteiger partial charge in [0.25, 0.3) is 11.9 Å². The van der Waals surface area contributed by atoms with Crippen LogP contribution in [0, 0.1) is 11.8 Å². The number of rotatable bonds is 0. The summed E-state index contributed by atoms with van der Waals surface area (Å²) < 4.78 is 5.51. The van der Waals surface area contributed by atoms with Gasteiger partial charge >= 0.3 is 0 Å². The lowest BCUT2D eigenvalue weighted by molar-refractivity contribution is -0.146. The highest BCUT2D eigenvalue weighted by Crippen LogP contribution is 2.51. The molecule has 0 aromatic heterocycles. The molecule has 1 atom stereocenters. The molecule has 14 heavy (non-hydrogen) atoms. The number of fused-ring (bicyclic) bond motifs is 2. The van der Waals surface area contributed by atoms with Gasteiger partial charge in [0.2, 0.25) is 0 Å². The molecule has 4 aliphatic rings. The average Bonchev–Trinajstić information content (AvgIpc) is 2.43. The first kappa shape index (κ1) is 8.26. The fourth-order valence-electron chi connectivity index (χ4n) is 3.26. The van der Waals surface area contributed by atoms with Gasteiger partial charge in [0.15, 0.2) is 5.60 Å². The van der Waals surface area contributed by atoms with Crippen LogP contribution in [-0.4, -0.2) is 17.5 Å². The third-order valence-corrected chi connectivity index (χ3v) is 3.96. The van der Waals surface area contributed by atoms with Crippen LogP contribution in [0.1, 0.15) is 32.1 Å². The zero-order valence-electron chi connectivity index (χ0n) is 8.03. The predicted molar refractivity (Wildman–Crippen MR) is 50.5 cm³/mol. The third-order valence-electron chi connectivity index (χ3n) is 3.96. The minimum atomic E-state index is -0.648. The Morgan fingerprint density at radius 2 is 2.07 bits per heavy atom. The minimum absolute atomic E-state index is 0.0718. The molecule has 2 N–H and O–H groups in total. The number of carbonyl (C=O) groups excluding carboxylic acids is 1. The van der Waals surface area contributed by atoms with E-state index in [0.29, 0.717) is 11.8 Å². The van der Waals surface area contributed by atoms with Gasteiger partial charge in [-0.3, -0.25) is 4.79 Å². The van der Waals surface area contributed by atoms with E-state index in [1.807, 2.05) is 0 Å². The predicted octanol–water partition coefficient (Wildman–Crippen LogP) is 0.807. The second kappa shape index (κ2) is 2.49. The standard InChI is InChI=1S/C10H14N2O2/c11-9-12-8(13)10(14-9)5-6-1-3-7(10)4-2-6/h6-7H,1-5H2,(H2,11,12,13). The highest BCUT2D eigenvalue weighted by molar-refractivity contribution is 6.01. The van der Waals surface area contributed by atoms with Gasteiger partial charge in [-0.1, -0.05) is 0 Å². The molecule has 2 bridgehead atoms. The lowest BCUT2D eigenvalue weighted by Crippen LogP contribution is -2.52. The van der Waals surface area contributed by atoms with Gasteiger partial charge < -0.3 is 10.5 Å². The molecule has 0 radical (unpaired) electrons. The van der Waals surface area contributed by atoms with Gasteiger partial charge in [-0.05, 0) is 38.0 Å². The molecule has 4 heteroatoms. The minimum Gasteiger partial charge on any atom is -0.448 e. The van der Waals surface area contributed by atoms with Crippen molar-refractivity contribution in [3.8, 4) is 0 Å². The molecule has 3 saturated carbocycles. The van der Waals surface area contributed by atoms with E-state index in [1.54, 1.807) is 0 Å². The fraction of sp³-hybridized carbons (Fsp3) is 0.800. The van der Waals surface area contributed by atoms with Crippen LogP contribution in [0.15, 0.2) is 4.99 Å². The van der Waals surface area contributed by atoms with Gasteiger partial charge in [0.1, 0.15) is 0 Å². The van der Waals surface area contributed by atoms with E-state index in [2.05, 4.69) is 4.99 Å². The van der Waals surface area contributed by atoms with Crippen LogP contribution in [0.4, 0.5) is 0 Å². The molecule has 0 aromatic carbocycles. The van der Waals surface area contributed by atoms with Crippen molar-refractivity contribution in [2.75, 3.05) is 0 Å². The number of carbonyl (C=O) groups is 1. The van der Waals surface area contributed by atoms with Crippen molar-refractivity contribution in [2.24, 2.45) is 22.6 Å². The van der Waals surface area contributed by atoms with Crippen molar-refractivity contribution in [3.05, 3.63) is 0 Å². The SMILES string of the molecule is NC1=NC(=O)C2(CC3CCC2CC3)O1. The van der Waals surface area contributed by atoms with Crippen LogP contribution in [0.3, 0.4) is 0 Å². The summed E-state index contributed by atoms with van der Waals surface area (Å²) in [6, 6.07) is 0.0718. The summed E-state index contributed by atoms with van der Waals surface area (Å²) >= 11 is 0. The second-order valence-electron chi connectivity index (χ2n) is 4.67. The summed E-state index contributed by atoms with van der Waals surface area (Å²) in [6.07, 6.45) is 5.50. The average molecular weight is 194 g/mol. The molecule has 76 valence electrons. The Balaban J connectivity index is 1.95. The van der Waals surface area contributed by atoms with Crippen LogP contribution in [0.5, 0.6) is 0 Å². The van der Waals surface area contributed by atoms with E-state index in [0.717, 1.165) is 19.3 Å². The van der Waals surface area contributed by atoms with Crippen molar-refractivity contribution in [1.29, 1.82) is 0 Å². The maximum atomic E-state index is 11.8. The second-order valence-corrected chi connectivity index (χ2v) is 4.67. The van der Waals surface area contributed by atoms with Gasteiger partial charge in [-0.15, -0.1) is 0 Å². The zero-order valence-corrected chi connectivity index (χ0v) is 8.03. The van der Waals surface area contributed by atoms with E-state index >= 15 is 0 Å². The van der Waals surface area contributed by atoms with Gasteiger partial charge in [0.05, 0.1) is 0 Å². The summed E-state index contributed by atoms with van der Waals surface area (Å²) in [5.74, 6) is 0.860. The first-order chi connectivity index (χ1) is 6.71. The molecule has 3 aliphatic carbocycles. The topological polar surface area (TPSA) is 64.7 Å². The Morgan fingerprint density at radius 1 is 1.36 bits per heavy atom. The molecule has 0 saturated heterocycles. The quantitative estimate of drug-likeness (QED) is 0.620. The maximum Gasteiger partial charge on any atom is 0.294 e. The number of hydrogen-bond donors (Lipinski definition) is 1. The van der Waals surface area contributed by atoms with E-state index in [9.17, 15) is 4.79 Å². The van der Waals surface area contributed by atoms with Crippen LogP contribution in [-0.2, 0) is 9.53 Å². The first-order valence-corrected chi connectivity index (χ1v) is 5.28. The Kier molecular flexibility index (Phi) is 1.47. The summed E-state index contributed by atoms with van der Waals surface area (Å²) in [5, 5.41) is 0. The summed E-state index contributed by atoms with van der Waals surface area (Å²) in [7, 11) is 0. The normalized spacial score (nSPS) is 45.4.